The smallest absolute Gasteiger partial charge is 0.161 e. The van der Waals surface area contributed by atoms with Crippen molar-refractivity contribution in [2.24, 2.45) is 0 Å². The Morgan fingerprint density at radius 2 is 1.63 bits per heavy atom. The molecule has 1 rings (SSSR count). The second-order valence-corrected chi connectivity index (χ2v) is 4.71. The van der Waals surface area contributed by atoms with Gasteiger partial charge in [0.05, 0.1) is 13.2 Å². The molecule has 0 heterocycles. The minimum Gasteiger partial charge on any atom is -0.490 e. The highest BCUT2D eigenvalue weighted by molar-refractivity contribution is 5.44. The maximum absolute atomic E-state index is 5.67. The maximum atomic E-state index is 5.67. The lowest BCUT2D eigenvalue weighted by Gasteiger charge is -2.22. The van der Waals surface area contributed by atoms with E-state index in [-0.39, 0.29) is 0 Å². The lowest BCUT2D eigenvalue weighted by atomic mass is 9.94. The number of ether oxygens (including phenoxy) is 2. The molecule has 2 atom stereocenters. The van der Waals surface area contributed by atoms with Crippen molar-refractivity contribution in [2.45, 2.75) is 46.6 Å². The summed E-state index contributed by atoms with van der Waals surface area (Å²) in [5.41, 5.74) is 1.28. The average Bonchev–Trinajstić information content (AvgIpc) is 2.40. The van der Waals surface area contributed by atoms with Crippen molar-refractivity contribution in [2.75, 3.05) is 19.8 Å². The van der Waals surface area contributed by atoms with E-state index < -0.39 is 0 Å². The van der Waals surface area contributed by atoms with E-state index in [1.54, 1.807) is 0 Å². The van der Waals surface area contributed by atoms with Crippen molar-refractivity contribution in [3.63, 3.8) is 0 Å². The van der Waals surface area contributed by atoms with Gasteiger partial charge in [0.1, 0.15) is 0 Å². The fourth-order valence-corrected chi connectivity index (χ4v) is 2.14. The second kappa shape index (κ2) is 8.05. The van der Waals surface area contributed by atoms with Gasteiger partial charge in [-0.3, -0.25) is 0 Å². The van der Waals surface area contributed by atoms with E-state index >= 15 is 0 Å². The number of benzene rings is 1. The van der Waals surface area contributed by atoms with Crippen LogP contribution in [0.2, 0.25) is 0 Å². The Kier molecular flexibility index (Phi) is 6.71. The van der Waals surface area contributed by atoms with Crippen LogP contribution in [-0.2, 0) is 0 Å². The van der Waals surface area contributed by atoms with Gasteiger partial charge in [-0.25, -0.2) is 0 Å². The third-order valence-corrected chi connectivity index (χ3v) is 3.37. The van der Waals surface area contributed by atoms with Crippen molar-refractivity contribution in [1.29, 1.82) is 0 Å². The molecule has 19 heavy (non-hydrogen) atoms. The number of nitrogens with one attached hydrogen (secondary N) is 1. The van der Waals surface area contributed by atoms with Crippen LogP contribution in [0.1, 0.15) is 46.1 Å². The van der Waals surface area contributed by atoms with Crippen LogP contribution in [0, 0.1) is 0 Å². The van der Waals surface area contributed by atoms with Gasteiger partial charge < -0.3 is 14.8 Å². The molecule has 108 valence electrons. The molecule has 0 bridgehead atoms. The fourth-order valence-electron chi connectivity index (χ4n) is 2.14. The summed E-state index contributed by atoms with van der Waals surface area (Å²) >= 11 is 0. The van der Waals surface area contributed by atoms with Crippen LogP contribution in [0.25, 0.3) is 0 Å². The first kappa shape index (κ1) is 15.8. The molecule has 0 fully saturated rings. The number of hydrogen-bond acceptors (Lipinski definition) is 3. The normalized spacial score (nSPS) is 13.9. The molecule has 0 saturated carbocycles. The molecule has 2 unspecified atom stereocenters. The second-order valence-electron chi connectivity index (χ2n) is 4.71. The molecule has 0 spiro atoms. The Hall–Kier alpha value is -1.22. The Balaban J connectivity index is 2.93. The summed E-state index contributed by atoms with van der Waals surface area (Å²) in [6.07, 6.45) is 0. The lowest BCUT2D eigenvalue weighted by Crippen LogP contribution is -2.30. The minimum absolute atomic E-state index is 0.440. The summed E-state index contributed by atoms with van der Waals surface area (Å²) in [5.74, 6) is 2.11. The standard InChI is InChI=1S/C16H27NO2/c1-6-17-13(5)12(4)14-9-10-15(18-7-2)16(11-14)19-8-3/h9-13,17H,6-8H2,1-5H3. The molecule has 0 aromatic heterocycles. The van der Waals surface area contributed by atoms with Crippen LogP contribution in [0.5, 0.6) is 11.5 Å². The zero-order chi connectivity index (χ0) is 14.3. The van der Waals surface area contributed by atoms with Crippen LogP contribution in [0.4, 0.5) is 0 Å². The van der Waals surface area contributed by atoms with E-state index in [2.05, 4.69) is 38.2 Å². The summed E-state index contributed by atoms with van der Waals surface area (Å²) < 4.78 is 11.3. The third-order valence-electron chi connectivity index (χ3n) is 3.37. The first-order chi connectivity index (χ1) is 9.13. The highest BCUT2D eigenvalue weighted by Crippen LogP contribution is 2.32. The van der Waals surface area contributed by atoms with Gasteiger partial charge >= 0.3 is 0 Å². The van der Waals surface area contributed by atoms with E-state index in [0.29, 0.717) is 25.2 Å². The van der Waals surface area contributed by atoms with E-state index in [1.165, 1.54) is 5.56 Å². The minimum atomic E-state index is 0.440. The van der Waals surface area contributed by atoms with E-state index in [4.69, 9.17) is 9.47 Å². The molecule has 0 radical (unpaired) electrons. The monoisotopic (exact) mass is 265 g/mol. The Bertz CT molecular complexity index is 379. The quantitative estimate of drug-likeness (QED) is 0.779. The molecule has 3 heteroatoms. The zero-order valence-electron chi connectivity index (χ0n) is 12.8. The molecule has 1 aromatic carbocycles. The van der Waals surface area contributed by atoms with Gasteiger partial charge in [-0.05, 0) is 50.9 Å². The third kappa shape index (κ3) is 4.43. The number of likely N-dealkylation sites (N-methyl/N-ethyl adjacent to an activating group) is 1. The highest BCUT2D eigenvalue weighted by Gasteiger charge is 2.15. The molecule has 0 amide bonds. The Morgan fingerprint density at radius 1 is 1.00 bits per heavy atom. The summed E-state index contributed by atoms with van der Waals surface area (Å²) in [6, 6.07) is 6.69. The summed E-state index contributed by atoms with van der Waals surface area (Å²) in [4.78, 5) is 0. The van der Waals surface area contributed by atoms with Crippen molar-refractivity contribution in [3.05, 3.63) is 23.8 Å². The predicted molar refractivity (Wildman–Crippen MR) is 80.3 cm³/mol. The zero-order valence-corrected chi connectivity index (χ0v) is 12.8. The van der Waals surface area contributed by atoms with Crippen molar-refractivity contribution in [3.8, 4) is 11.5 Å². The molecule has 1 aromatic rings. The molecule has 0 aliphatic heterocycles. The Labute approximate surface area is 117 Å². The summed E-state index contributed by atoms with van der Waals surface area (Å²) in [5, 5.41) is 3.46. The molecule has 0 saturated heterocycles. The van der Waals surface area contributed by atoms with Crippen LogP contribution in [0.15, 0.2) is 18.2 Å². The number of rotatable bonds is 8. The van der Waals surface area contributed by atoms with Crippen molar-refractivity contribution < 1.29 is 9.47 Å². The van der Waals surface area contributed by atoms with Crippen molar-refractivity contribution in [1.82, 2.24) is 5.32 Å². The predicted octanol–water partition coefficient (Wildman–Crippen LogP) is 3.59. The Morgan fingerprint density at radius 3 is 2.21 bits per heavy atom. The maximum Gasteiger partial charge on any atom is 0.161 e. The number of hydrogen-bond donors (Lipinski definition) is 1. The van der Waals surface area contributed by atoms with Crippen LogP contribution < -0.4 is 14.8 Å². The summed E-state index contributed by atoms with van der Waals surface area (Å²) in [6.45, 7) is 12.9. The van der Waals surface area contributed by atoms with E-state index in [0.717, 1.165) is 18.0 Å². The van der Waals surface area contributed by atoms with Gasteiger partial charge in [-0.2, -0.15) is 0 Å². The lowest BCUT2D eigenvalue weighted by molar-refractivity contribution is 0.287. The first-order valence-corrected chi connectivity index (χ1v) is 7.26. The van der Waals surface area contributed by atoms with Crippen molar-refractivity contribution >= 4 is 0 Å². The first-order valence-electron chi connectivity index (χ1n) is 7.26. The van der Waals surface area contributed by atoms with Gasteiger partial charge in [-0.15, -0.1) is 0 Å². The van der Waals surface area contributed by atoms with Crippen LogP contribution in [-0.4, -0.2) is 25.8 Å². The van der Waals surface area contributed by atoms with Gasteiger partial charge in [0, 0.05) is 6.04 Å². The molecule has 0 aliphatic carbocycles. The van der Waals surface area contributed by atoms with Gasteiger partial charge in [0.25, 0.3) is 0 Å². The molecule has 3 nitrogen and oxygen atoms in total. The topological polar surface area (TPSA) is 30.5 Å². The van der Waals surface area contributed by atoms with Gasteiger partial charge in [0.15, 0.2) is 11.5 Å². The van der Waals surface area contributed by atoms with Crippen LogP contribution in [0.3, 0.4) is 0 Å². The van der Waals surface area contributed by atoms with E-state index in [9.17, 15) is 0 Å². The molecule has 0 aliphatic rings. The fraction of sp³-hybridized carbons (Fsp3) is 0.625. The van der Waals surface area contributed by atoms with E-state index in [1.807, 2.05) is 19.9 Å². The highest BCUT2D eigenvalue weighted by atomic mass is 16.5. The average molecular weight is 265 g/mol. The molecular formula is C16H27NO2. The van der Waals surface area contributed by atoms with Crippen LogP contribution >= 0.6 is 0 Å². The molecule has 1 N–H and O–H groups in total. The van der Waals surface area contributed by atoms with Gasteiger partial charge in [-0.1, -0.05) is 19.9 Å². The van der Waals surface area contributed by atoms with Gasteiger partial charge in [0.2, 0.25) is 0 Å². The summed E-state index contributed by atoms with van der Waals surface area (Å²) in [7, 11) is 0. The SMILES string of the molecule is CCNC(C)C(C)c1ccc(OCC)c(OCC)c1. The largest absolute Gasteiger partial charge is 0.490 e. The molecular weight excluding hydrogens is 238 g/mol.